The number of piperidine rings is 1. The third-order valence-electron chi connectivity index (χ3n) is 5.54. The van der Waals surface area contributed by atoms with Crippen molar-refractivity contribution in [1.82, 2.24) is 15.2 Å². The number of pyridine rings is 1. The Bertz CT molecular complexity index is 1150. The van der Waals surface area contributed by atoms with Crippen LogP contribution in [-0.4, -0.2) is 47.3 Å². The zero-order valence-corrected chi connectivity index (χ0v) is 18.6. The summed E-state index contributed by atoms with van der Waals surface area (Å²) in [5.41, 5.74) is 2.60. The van der Waals surface area contributed by atoms with E-state index in [1.165, 1.54) is 12.1 Å². The Morgan fingerprint density at radius 3 is 2.23 bits per heavy atom. The lowest BCUT2D eigenvalue weighted by molar-refractivity contribution is -0.274. The predicted octanol–water partition coefficient (Wildman–Crippen LogP) is 5.07. The fourth-order valence-corrected chi connectivity index (χ4v) is 3.80. The van der Waals surface area contributed by atoms with Gasteiger partial charge < -0.3 is 20.3 Å². The van der Waals surface area contributed by atoms with Crippen molar-refractivity contribution in [3.8, 4) is 17.0 Å². The van der Waals surface area contributed by atoms with Crippen LogP contribution in [0.3, 0.4) is 0 Å². The number of halogens is 3. The number of urea groups is 1. The van der Waals surface area contributed by atoms with E-state index in [0.717, 1.165) is 23.4 Å². The first-order valence-corrected chi connectivity index (χ1v) is 11.0. The third kappa shape index (κ3) is 6.72. The number of benzene rings is 2. The predicted molar refractivity (Wildman–Crippen MR) is 124 cm³/mol. The van der Waals surface area contributed by atoms with Gasteiger partial charge in [-0.1, -0.05) is 30.3 Å². The summed E-state index contributed by atoms with van der Waals surface area (Å²) in [4.78, 5) is 31.2. The van der Waals surface area contributed by atoms with Gasteiger partial charge in [-0.15, -0.1) is 13.2 Å². The number of likely N-dealkylation sites (tertiary alicyclic amines) is 1. The normalized spacial score (nSPS) is 14.3. The largest absolute Gasteiger partial charge is 0.573 e. The van der Waals surface area contributed by atoms with Crippen molar-refractivity contribution in [2.75, 3.05) is 18.4 Å². The van der Waals surface area contributed by atoms with Crippen molar-refractivity contribution in [2.45, 2.75) is 25.2 Å². The van der Waals surface area contributed by atoms with Gasteiger partial charge >= 0.3 is 12.4 Å². The van der Waals surface area contributed by atoms with Gasteiger partial charge in [0.15, 0.2) is 0 Å². The summed E-state index contributed by atoms with van der Waals surface area (Å²) in [7, 11) is 0. The van der Waals surface area contributed by atoms with Gasteiger partial charge in [0, 0.05) is 36.6 Å². The van der Waals surface area contributed by atoms with Gasteiger partial charge in [-0.2, -0.15) is 0 Å². The van der Waals surface area contributed by atoms with E-state index in [2.05, 4.69) is 20.4 Å². The third-order valence-corrected chi connectivity index (χ3v) is 5.54. The summed E-state index contributed by atoms with van der Waals surface area (Å²) in [6.45, 7) is 0.960. The molecule has 1 aliphatic rings. The van der Waals surface area contributed by atoms with E-state index >= 15 is 0 Å². The minimum atomic E-state index is -4.77. The number of amides is 3. The first kappa shape index (κ1) is 24.1. The van der Waals surface area contributed by atoms with Crippen LogP contribution in [0.5, 0.6) is 5.75 Å². The first-order valence-electron chi connectivity index (χ1n) is 11.0. The van der Waals surface area contributed by atoms with E-state index in [9.17, 15) is 22.8 Å². The molecule has 1 saturated heterocycles. The molecule has 2 N–H and O–H groups in total. The van der Waals surface area contributed by atoms with E-state index in [0.29, 0.717) is 37.2 Å². The number of ether oxygens (including phenoxy) is 1. The van der Waals surface area contributed by atoms with E-state index in [1.807, 2.05) is 36.4 Å². The van der Waals surface area contributed by atoms with Gasteiger partial charge in [-0.25, -0.2) is 4.79 Å². The van der Waals surface area contributed by atoms with Gasteiger partial charge in [-0.05, 0) is 49.2 Å². The maximum Gasteiger partial charge on any atom is 0.573 e. The molecule has 0 saturated carbocycles. The molecule has 2 aromatic carbocycles. The van der Waals surface area contributed by atoms with E-state index < -0.39 is 12.4 Å². The van der Waals surface area contributed by atoms with E-state index in [1.54, 1.807) is 17.2 Å². The highest BCUT2D eigenvalue weighted by atomic mass is 19.4. The van der Waals surface area contributed by atoms with Crippen molar-refractivity contribution in [3.63, 3.8) is 0 Å². The monoisotopic (exact) mass is 484 g/mol. The molecule has 4 rings (SSSR count). The molecule has 182 valence electrons. The Hall–Kier alpha value is -4.08. The van der Waals surface area contributed by atoms with Crippen LogP contribution in [0, 0.1) is 0 Å². The second kappa shape index (κ2) is 10.5. The average molecular weight is 484 g/mol. The summed E-state index contributed by atoms with van der Waals surface area (Å²) in [6, 6.07) is 17.5. The molecule has 0 bridgehead atoms. The summed E-state index contributed by atoms with van der Waals surface area (Å²) < 4.78 is 40.5. The van der Waals surface area contributed by atoms with Crippen LogP contribution in [0.4, 0.5) is 23.7 Å². The molecule has 0 radical (unpaired) electrons. The van der Waals surface area contributed by atoms with Crippen LogP contribution >= 0.6 is 0 Å². The minimum absolute atomic E-state index is 0.110. The quantitative estimate of drug-likeness (QED) is 0.530. The van der Waals surface area contributed by atoms with Crippen molar-refractivity contribution in [1.29, 1.82) is 0 Å². The van der Waals surface area contributed by atoms with Crippen LogP contribution in [0.2, 0.25) is 0 Å². The molecule has 1 aliphatic heterocycles. The van der Waals surface area contributed by atoms with Crippen molar-refractivity contribution in [3.05, 3.63) is 78.5 Å². The number of aromatic nitrogens is 1. The van der Waals surface area contributed by atoms with Crippen molar-refractivity contribution >= 4 is 17.6 Å². The number of alkyl halides is 3. The summed E-state index contributed by atoms with van der Waals surface area (Å²) in [5.74, 6) is -0.480. The summed E-state index contributed by atoms with van der Waals surface area (Å²) in [6.07, 6.45) is -2.04. The summed E-state index contributed by atoms with van der Waals surface area (Å²) >= 11 is 0. The fraction of sp³-hybridized carbons (Fsp3) is 0.240. The molecule has 0 unspecified atom stereocenters. The Balaban J connectivity index is 1.24. The molecule has 1 fully saturated rings. The zero-order chi connectivity index (χ0) is 24.8. The number of anilines is 1. The maximum atomic E-state index is 12.8. The van der Waals surface area contributed by atoms with Gasteiger partial charge in [0.1, 0.15) is 5.75 Å². The molecule has 10 heteroatoms. The number of carbonyl (C=O) groups excluding carboxylic acids is 2. The van der Waals surface area contributed by atoms with E-state index in [4.69, 9.17) is 0 Å². The molecule has 1 aromatic heterocycles. The minimum Gasteiger partial charge on any atom is -0.406 e. The lowest BCUT2D eigenvalue weighted by Crippen LogP contribution is -2.47. The maximum absolute atomic E-state index is 12.8. The Kier molecular flexibility index (Phi) is 7.19. The smallest absolute Gasteiger partial charge is 0.406 e. The first-order chi connectivity index (χ1) is 16.8. The highest BCUT2D eigenvalue weighted by molar-refractivity contribution is 5.94. The Morgan fingerprint density at radius 1 is 0.943 bits per heavy atom. The molecule has 3 aromatic rings. The zero-order valence-electron chi connectivity index (χ0n) is 18.6. The molecular weight excluding hydrogens is 461 g/mol. The van der Waals surface area contributed by atoms with Crippen LogP contribution in [0.1, 0.15) is 23.2 Å². The number of nitrogens with zero attached hydrogens (tertiary/aromatic N) is 2. The Morgan fingerprint density at radius 2 is 1.63 bits per heavy atom. The van der Waals surface area contributed by atoms with Crippen LogP contribution in [0.15, 0.2) is 72.9 Å². The number of hydrogen-bond donors (Lipinski definition) is 2. The van der Waals surface area contributed by atoms with E-state index in [-0.39, 0.29) is 17.7 Å². The second-order valence-corrected chi connectivity index (χ2v) is 8.04. The fourth-order valence-electron chi connectivity index (χ4n) is 3.80. The van der Waals surface area contributed by atoms with Crippen molar-refractivity contribution < 1.29 is 27.5 Å². The number of hydrogen-bond acceptors (Lipinski definition) is 4. The van der Waals surface area contributed by atoms with Crippen molar-refractivity contribution in [2.24, 2.45) is 0 Å². The highest BCUT2D eigenvalue weighted by Crippen LogP contribution is 2.24. The number of carbonyl (C=O) groups is 2. The molecule has 7 nitrogen and oxygen atoms in total. The number of nitrogens with one attached hydrogen (secondary N) is 2. The van der Waals surface area contributed by atoms with Gasteiger partial charge in [0.05, 0.1) is 11.3 Å². The van der Waals surface area contributed by atoms with Crippen LogP contribution in [-0.2, 0) is 0 Å². The lowest BCUT2D eigenvalue weighted by Gasteiger charge is -2.32. The lowest BCUT2D eigenvalue weighted by atomic mass is 10.0. The van der Waals surface area contributed by atoms with Gasteiger partial charge in [0.2, 0.25) is 0 Å². The average Bonchev–Trinajstić information content (AvgIpc) is 2.85. The molecule has 0 atom stereocenters. The molecule has 3 amide bonds. The molecule has 0 aliphatic carbocycles. The summed E-state index contributed by atoms with van der Waals surface area (Å²) in [5, 5.41) is 5.42. The Labute approximate surface area is 199 Å². The topological polar surface area (TPSA) is 83.6 Å². The number of rotatable bonds is 5. The molecular formula is C25H23F3N4O3. The standard InChI is InChI=1S/C25H23F3N4O3/c26-25(27,28)35-21-9-7-19(8-10-21)30-24(34)31-20-12-14-32(15-13-20)23(33)18-6-11-22(29-16-18)17-4-2-1-3-5-17/h1-11,16,20H,12-15H2,(H2,30,31,34). The van der Waals surface area contributed by atoms with Gasteiger partial charge in [-0.3, -0.25) is 9.78 Å². The molecule has 35 heavy (non-hydrogen) atoms. The highest BCUT2D eigenvalue weighted by Gasteiger charge is 2.31. The van der Waals surface area contributed by atoms with Crippen LogP contribution in [0.25, 0.3) is 11.3 Å². The molecule has 2 heterocycles. The molecule has 0 spiro atoms. The SMILES string of the molecule is O=C(Nc1ccc(OC(F)(F)F)cc1)NC1CCN(C(=O)c2ccc(-c3ccccc3)nc2)CC1. The van der Waals surface area contributed by atoms with Gasteiger partial charge in [0.25, 0.3) is 5.91 Å². The van der Waals surface area contributed by atoms with Crippen LogP contribution < -0.4 is 15.4 Å². The second-order valence-electron chi connectivity index (χ2n) is 8.04.